The van der Waals surface area contributed by atoms with Gasteiger partial charge < -0.3 is 15.2 Å². The van der Waals surface area contributed by atoms with Crippen molar-refractivity contribution < 1.29 is 14.6 Å². The molecule has 0 aliphatic carbocycles. The largest absolute Gasteiger partial charge is 0.480 e. The van der Waals surface area contributed by atoms with E-state index in [0.29, 0.717) is 13.0 Å². The van der Waals surface area contributed by atoms with E-state index in [4.69, 9.17) is 4.74 Å². The van der Waals surface area contributed by atoms with Crippen LogP contribution in [0.4, 0.5) is 0 Å². The lowest BCUT2D eigenvalue weighted by Crippen LogP contribution is -2.51. The smallest absolute Gasteiger partial charge is 0.323 e. The molecule has 0 aliphatic heterocycles. The van der Waals surface area contributed by atoms with E-state index < -0.39 is 11.5 Å². The molecular weight excluding hydrogens is 242 g/mol. The number of rotatable bonds is 12. The maximum Gasteiger partial charge on any atom is 0.323 e. The summed E-state index contributed by atoms with van der Waals surface area (Å²) in [5.41, 5.74) is -0.892. The van der Waals surface area contributed by atoms with E-state index in [1.165, 1.54) is 25.7 Å². The maximum atomic E-state index is 11.3. The first-order valence-corrected chi connectivity index (χ1v) is 7.56. The number of unbranched alkanes of at least 4 members (excludes halogenated alkanes) is 4. The summed E-state index contributed by atoms with van der Waals surface area (Å²) in [5, 5.41) is 12.3. The second-order valence-corrected chi connectivity index (χ2v) is 5.47. The molecule has 0 aliphatic rings. The number of carbonyl (C=O) groups is 1. The van der Waals surface area contributed by atoms with Gasteiger partial charge in [0.25, 0.3) is 0 Å². The molecule has 0 rings (SSSR count). The highest BCUT2D eigenvalue weighted by Crippen LogP contribution is 2.15. The molecule has 114 valence electrons. The van der Waals surface area contributed by atoms with Crippen LogP contribution in [0.25, 0.3) is 0 Å². The molecule has 0 fully saturated rings. The van der Waals surface area contributed by atoms with Crippen molar-refractivity contribution in [1.82, 2.24) is 5.32 Å². The standard InChI is InChI=1S/C15H31NO3/c1-5-7-8-9-10-11-19-13(3)12-15(4,14(17)18)16-6-2/h13,16H,5-12H2,1-4H3,(H,17,18). The van der Waals surface area contributed by atoms with Gasteiger partial charge in [0.2, 0.25) is 0 Å². The summed E-state index contributed by atoms with van der Waals surface area (Å²) in [7, 11) is 0. The van der Waals surface area contributed by atoms with Crippen LogP contribution in [-0.2, 0) is 9.53 Å². The molecule has 2 atom stereocenters. The molecule has 0 radical (unpaired) electrons. The molecule has 0 amide bonds. The van der Waals surface area contributed by atoms with Crippen LogP contribution in [-0.4, -0.2) is 35.9 Å². The second kappa shape index (κ2) is 10.2. The Morgan fingerprint density at radius 1 is 1.26 bits per heavy atom. The number of aliphatic carboxylic acids is 1. The van der Waals surface area contributed by atoms with E-state index in [-0.39, 0.29) is 6.10 Å². The van der Waals surface area contributed by atoms with Crippen molar-refractivity contribution in [3.05, 3.63) is 0 Å². The molecular formula is C15H31NO3. The lowest BCUT2D eigenvalue weighted by molar-refractivity contribution is -0.145. The number of ether oxygens (including phenoxy) is 1. The van der Waals surface area contributed by atoms with Gasteiger partial charge in [0.15, 0.2) is 0 Å². The van der Waals surface area contributed by atoms with Gasteiger partial charge in [-0.05, 0) is 26.8 Å². The van der Waals surface area contributed by atoms with Gasteiger partial charge in [-0.25, -0.2) is 0 Å². The molecule has 0 aromatic rings. The molecule has 0 heterocycles. The van der Waals surface area contributed by atoms with E-state index in [1.807, 2.05) is 13.8 Å². The number of likely N-dealkylation sites (N-methyl/N-ethyl adjacent to an activating group) is 1. The molecule has 4 nitrogen and oxygen atoms in total. The highest BCUT2D eigenvalue weighted by molar-refractivity contribution is 5.78. The summed E-state index contributed by atoms with van der Waals surface area (Å²) in [6, 6.07) is 0. The zero-order valence-electron chi connectivity index (χ0n) is 13.0. The van der Waals surface area contributed by atoms with Crippen molar-refractivity contribution >= 4 is 5.97 Å². The third-order valence-corrected chi connectivity index (χ3v) is 3.38. The van der Waals surface area contributed by atoms with Crippen LogP contribution in [0.5, 0.6) is 0 Å². The molecule has 0 saturated carbocycles. The average molecular weight is 273 g/mol. The van der Waals surface area contributed by atoms with E-state index in [0.717, 1.165) is 13.0 Å². The van der Waals surface area contributed by atoms with E-state index in [9.17, 15) is 9.90 Å². The number of hydrogen-bond donors (Lipinski definition) is 2. The number of carboxylic acid groups (broad SMARTS) is 1. The molecule has 2 N–H and O–H groups in total. The molecule has 2 unspecified atom stereocenters. The van der Waals surface area contributed by atoms with Gasteiger partial charge in [0, 0.05) is 13.0 Å². The summed E-state index contributed by atoms with van der Waals surface area (Å²) in [6.45, 7) is 9.16. The Balaban J connectivity index is 3.87. The van der Waals surface area contributed by atoms with Crippen molar-refractivity contribution in [1.29, 1.82) is 0 Å². The Labute approximate surface area is 117 Å². The lowest BCUT2D eigenvalue weighted by atomic mass is 9.95. The fourth-order valence-electron chi connectivity index (χ4n) is 2.25. The monoisotopic (exact) mass is 273 g/mol. The van der Waals surface area contributed by atoms with Crippen molar-refractivity contribution in [3.63, 3.8) is 0 Å². The second-order valence-electron chi connectivity index (χ2n) is 5.47. The van der Waals surface area contributed by atoms with Crippen LogP contribution in [0, 0.1) is 0 Å². The Morgan fingerprint density at radius 3 is 2.42 bits per heavy atom. The zero-order valence-corrected chi connectivity index (χ0v) is 13.0. The van der Waals surface area contributed by atoms with E-state index in [1.54, 1.807) is 6.92 Å². The first-order valence-electron chi connectivity index (χ1n) is 7.56. The third kappa shape index (κ3) is 8.22. The molecule has 19 heavy (non-hydrogen) atoms. The Bertz CT molecular complexity index is 246. The number of carboxylic acids is 1. The predicted molar refractivity (Wildman–Crippen MR) is 78.5 cm³/mol. The number of nitrogens with one attached hydrogen (secondary N) is 1. The van der Waals surface area contributed by atoms with Crippen molar-refractivity contribution in [2.75, 3.05) is 13.2 Å². The summed E-state index contributed by atoms with van der Waals surface area (Å²) in [6.07, 6.45) is 6.51. The summed E-state index contributed by atoms with van der Waals surface area (Å²) < 4.78 is 5.71. The minimum atomic E-state index is -0.892. The van der Waals surface area contributed by atoms with Crippen LogP contribution >= 0.6 is 0 Å². The first-order chi connectivity index (χ1) is 8.96. The Kier molecular flexibility index (Phi) is 9.88. The quantitative estimate of drug-likeness (QED) is 0.536. The molecule has 0 spiro atoms. The van der Waals surface area contributed by atoms with Gasteiger partial charge >= 0.3 is 5.97 Å². The fourth-order valence-corrected chi connectivity index (χ4v) is 2.25. The van der Waals surface area contributed by atoms with Gasteiger partial charge in [-0.1, -0.05) is 39.5 Å². The SMILES string of the molecule is CCCCCCCOC(C)CC(C)(NCC)C(=O)O. The molecule has 0 bridgehead atoms. The molecule has 0 saturated heterocycles. The van der Waals surface area contributed by atoms with Crippen LogP contribution < -0.4 is 5.32 Å². The fraction of sp³-hybridized carbons (Fsp3) is 0.933. The van der Waals surface area contributed by atoms with Gasteiger partial charge in [-0.15, -0.1) is 0 Å². The summed E-state index contributed by atoms with van der Waals surface area (Å²) in [5.74, 6) is -0.812. The average Bonchev–Trinajstić information content (AvgIpc) is 2.33. The van der Waals surface area contributed by atoms with E-state index in [2.05, 4.69) is 12.2 Å². The maximum absolute atomic E-state index is 11.3. The molecule has 0 aromatic carbocycles. The van der Waals surface area contributed by atoms with Gasteiger partial charge in [0.05, 0.1) is 6.10 Å². The Morgan fingerprint density at radius 2 is 1.89 bits per heavy atom. The summed E-state index contributed by atoms with van der Waals surface area (Å²) >= 11 is 0. The topological polar surface area (TPSA) is 58.6 Å². The van der Waals surface area contributed by atoms with Gasteiger partial charge in [-0.3, -0.25) is 4.79 Å². The highest BCUT2D eigenvalue weighted by Gasteiger charge is 2.33. The van der Waals surface area contributed by atoms with Crippen LogP contribution in [0.3, 0.4) is 0 Å². The van der Waals surface area contributed by atoms with Crippen molar-refractivity contribution in [3.8, 4) is 0 Å². The zero-order chi connectivity index (χ0) is 14.7. The van der Waals surface area contributed by atoms with Gasteiger partial charge in [0.1, 0.15) is 5.54 Å². The predicted octanol–water partition coefficient (Wildman–Crippen LogP) is 3.20. The normalized spacial score (nSPS) is 16.0. The van der Waals surface area contributed by atoms with Crippen LogP contribution in [0.1, 0.15) is 66.2 Å². The van der Waals surface area contributed by atoms with Crippen LogP contribution in [0.2, 0.25) is 0 Å². The Hall–Kier alpha value is -0.610. The minimum Gasteiger partial charge on any atom is -0.480 e. The minimum absolute atomic E-state index is 0.0358. The van der Waals surface area contributed by atoms with Crippen molar-refractivity contribution in [2.24, 2.45) is 0 Å². The third-order valence-electron chi connectivity index (χ3n) is 3.38. The van der Waals surface area contributed by atoms with Crippen molar-refractivity contribution in [2.45, 2.75) is 77.9 Å². The van der Waals surface area contributed by atoms with Gasteiger partial charge in [-0.2, -0.15) is 0 Å². The first kappa shape index (κ1) is 18.4. The molecule has 0 aromatic heterocycles. The molecule has 4 heteroatoms. The summed E-state index contributed by atoms with van der Waals surface area (Å²) in [4.78, 5) is 11.3. The number of hydrogen-bond acceptors (Lipinski definition) is 3. The van der Waals surface area contributed by atoms with E-state index >= 15 is 0 Å². The lowest BCUT2D eigenvalue weighted by Gasteiger charge is -2.28. The van der Waals surface area contributed by atoms with Crippen LogP contribution in [0.15, 0.2) is 0 Å². The highest BCUT2D eigenvalue weighted by atomic mass is 16.5.